The Morgan fingerprint density at radius 2 is 2.30 bits per heavy atom. The minimum absolute atomic E-state index is 0.163. The van der Waals surface area contributed by atoms with Gasteiger partial charge in [0.15, 0.2) is 0 Å². The molecule has 4 rings (SSSR count). The van der Waals surface area contributed by atoms with Gasteiger partial charge in [-0.3, -0.25) is 9.48 Å². The highest BCUT2D eigenvalue weighted by Gasteiger charge is 2.47. The van der Waals surface area contributed by atoms with E-state index < -0.39 is 0 Å². The lowest BCUT2D eigenvalue weighted by Crippen LogP contribution is -2.40. The van der Waals surface area contributed by atoms with Crippen molar-refractivity contribution in [2.24, 2.45) is 13.0 Å². The van der Waals surface area contributed by atoms with Crippen LogP contribution in [0.25, 0.3) is 0 Å². The van der Waals surface area contributed by atoms with E-state index in [1.165, 1.54) is 10.6 Å². The lowest BCUT2D eigenvalue weighted by atomic mass is 9.98. The molecule has 5 nitrogen and oxygen atoms in total. The summed E-state index contributed by atoms with van der Waals surface area (Å²) in [6.07, 6.45) is 7.14. The molecule has 2 aromatic rings. The highest BCUT2D eigenvalue weighted by atomic mass is 32.1. The van der Waals surface area contributed by atoms with E-state index in [0.717, 1.165) is 38.0 Å². The molecule has 122 valence electrons. The number of thiazole rings is 1. The SMILES string of the molecule is Cc1csc(C2CCCN(C(=O)C3CC3c3cnn(C)c3)C2)n1. The molecule has 2 fully saturated rings. The lowest BCUT2D eigenvalue weighted by molar-refractivity contribution is -0.133. The number of piperidine rings is 1. The summed E-state index contributed by atoms with van der Waals surface area (Å²) >= 11 is 1.73. The van der Waals surface area contributed by atoms with E-state index in [9.17, 15) is 4.79 Å². The van der Waals surface area contributed by atoms with E-state index >= 15 is 0 Å². The van der Waals surface area contributed by atoms with Gasteiger partial charge in [0.2, 0.25) is 5.91 Å². The molecule has 3 heterocycles. The quantitative estimate of drug-likeness (QED) is 0.869. The van der Waals surface area contributed by atoms with E-state index in [1.54, 1.807) is 11.3 Å². The van der Waals surface area contributed by atoms with Crippen molar-refractivity contribution in [3.05, 3.63) is 34.0 Å². The average Bonchev–Trinajstić information content (AvgIpc) is 3.04. The van der Waals surface area contributed by atoms with E-state index in [4.69, 9.17) is 0 Å². The van der Waals surface area contributed by atoms with Crippen molar-refractivity contribution in [3.63, 3.8) is 0 Å². The second-order valence-electron chi connectivity index (χ2n) is 6.85. The molecule has 1 saturated carbocycles. The maximum atomic E-state index is 12.8. The third-order valence-corrected chi connectivity index (χ3v) is 6.10. The van der Waals surface area contributed by atoms with Gasteiger partial charge in [0.1, 0.15) is 0 Å². The van der Waals surface area contributed by atoms with Gasteiger partial charge in [0.25, 0.3) is 0 Å². The Hall–Kier alpha value is -1.69. The fraction of sp³-hybridized carbons (Fsp3) is 0.588. The van der Waals surface area contributed by atoms with Crippen molar-refractivity contribution < 1.29 is 4.79 Å². The third-order valence-electron chi connectivity index (χ3n) is 4.98. The summed E-state index contributed by atoms with van der Waals surface area (Å²) in [6, 6.07) is 0. The van der Waals surface area contributed by atoms with Crippen LogP contribution in [0.1, 0.15) is 47.4 Å². The Balaban J connectivity index is 1.41. The predicted molar refractivity (Wildman–Crippen MR) is 89.5 cm³/mol. The van der Waals surface area contributed by atoms with Crippen molar-refractivity contribution >= 4 is 17.2 Å². The van der Waals surface area contributed by atoms with Gasteiger partial charge in [-0.25, -0.2) is 4.98 Å². The van der Waals surface area contributed by atoms with E-state index in [2.05, 4.69) is 20.4 Å². The fourth-order valence-electron chi connectivity index (χ4n) is 3.64. The zero-order valence-electron chi connectivity index (χ0n) is 13.6. The zero-order chi connectivity index (χ0) is 16.0. The lowest BCUT2D eigenvalue weighted by Gasteiger charge is -2.32. The Labute approximate surface area is 140 Å². The molecular weight excluding hydrogens is 308 g/mol. The maximum absolute atomic E-state index is 12.8. The van der Waals surface area contributed by atoms with Gasteiger partial charge in [-0.15, -0.1) is 11.3 Å². The molecule has 0 spiro atoms. The molecule has 6 heteroatoms. The van der Waals surface area contributed by atoms with Crippen LogP contribution in [-0.2, 0) is 11.8 Å². The molecule has 1 amide bonds. The zero-order valence-corrected chi connectivity index (χ0v) is 14.4. The molecule has 1 aliphatic carbocycles. The molecule has 23 heavy (non-hydrogen) atoms. The van der Waals surface area contributed by atoms with Gasteiger partial charge in [0.05, 0.1) is 11.2 Å². The fourth-order valence-corrected chi connectivity index (χ4v) is 4.57. The predicted octanol–water partition coefficient (Wildman–Crippen LogP) is 2.69. The van der Waals surface area contributed by atoms with Crippen molar-refractivity contribution in [2.45, 2.75) is 38.0 Å². The Morgan fingerprint density at radius 3 is 3.00 bits per heavy atom. The summed E-state index contributed by atoms with van der Waals surface area (Å²) in [5.41, 5.74) is 2.29. The number of hydrogen-bond acceptors (Lipinski definition) is 4. The molecular formula is C17H22N4OS. The van der Waals surface area contributed by atoms with Crippen LogP contribution in [0.3, 0.4) is 0 Å². The largest absolute Gasteiger partial charge is 0.342 e. The molecule has 2 aromatic heterocycles. The van der Waals surface area contributed by atoms with Crippen LogP contribution in [0.15, 0.2) is 17.8 Å². The van der Waals surface area contributed by atoms with E-state index in [1.807, 2.05) is 31.0 Å². The van der Waals surface area contributed by atoms with E-state index in [-0.39, 0.29) is 5.92 Å². The minimum Gasteiger partial charge on any atom is -0.342 e. The first-order valence-corrected chi connectivity index (χ1v) is 9.19. The van der Waals surface area contributed by atoms with Crippen molar-refractivity contribution in [2.75, 3.05) is 13.1 Å². The summed E-state index contributed by atoms with van der Waals surface area (Å²) in [7, 11) is 1.92. The van der Waals surface area contributed by atoms with Crippen LogP contribution >= 0.6 is 11.3 Å². The monoisotopic (exact) mass is 330 g/mol. The molecule has 0 bridgehead atoms. The van der Waals surface area contributed by atoms with Crippen molar-refractivity contribution in [1.29, 1.82) is 0 Å². The number of nitrogens with zero attached hydrogens (tertiary/aromatic N) is 4. The van der Waals surface area contributed by atoms with Gasteiger partial charge < -0.3 is 4.90 Å². The smallest absolute Gasteiger partial charge is 0.226 e. The normalized spacial score (nSPS) is 27.2. The summed E-state index contributed by atoms with van der Waals surface area (Å²) < 4.78 is 1.82. The number of carbonyl (C=O) groups excluding carboxylic acids is 1. The number of aromatic nitrogens is 3. The molecule has 3 atom stereocenters. The summed E-state index contributed by atoms with van der Waals surface area (Å²) in [4.78, 5) is 19.5. The average molecular weight is 330 g/mol. The molecule has 3 unspecified atom stereocenters. The van der Waals surface area contributed by atoms with Gasteiger partial charge in [-0.1, -0.05) is 0 Å². The second kappa shape index (κ2) is 5.74. The topological polar surface area (TPSA) is 51.0 Å². The van der Waals surface area contributed by atoms with Crippen LogP contribution < -0.4 is 0 Å². The third kappa shape index (κ3) is 2.92. The molecule has 0 aromatic carbocycles. The van der Waals surface area contributed by atoms with Gasteiger partial charge in [-0.2, -0.15) is 5.10 Å². The summed E-state index contributed by atoms with van der Waals surface area (Å²) in [5.74, 6) is 1.29. The first kappa shape index (κ1) is 14.9. The highest BCUT2D eigenvalue weighted by molar-refractivity contribution is 7.09. The molecule has 1 aliphatic heterocycles. The van der Waals surface area contributed by atoms with Crippen LogP contribution in [0.5, 0.6) is 0 Å². The van der Waals surface area contributed by atoms with Crippen LogP contribution in [0, 0.1) is 12.8 Å². The van der Waals surface area contributed by atoms with Crippen LogP contribution in [-0.4, -0.2) is 38.7 Å². The number of aryl methyl sites for hydroxylation is 2. The molecule has 0 N–H and O–H groups in total. The molecule has 0 radical (unpaired) electrons. The number of carbonyl (C=O) groups is 1. The highest BCUT2D eigenvalue weighted by Crippen LogP contribution is 2.48. The second-order valence-corrected chi connectivity index (χ2v) is 7.74. The Morgan fingerprint density at radius 1 is 1.43 bits per heavy atom. The summed E-state index contributed by atoms with van der Waals surface area (Å²) in [5, 5.41) is 7.52. The first-order chi connectivity index (χ1) is 11.1. The Kier molecular flexibility index (Phi) is 3.71. The van der Waals surface area contributed by atoms with E-state index in [0.29, 0.717) is 17.7 Å². The number of amides is 1. The molecule has 2 aliphatic rings. The van der Waals surface area contributed by atoms with Crippen LogP contribution in [0.2, 0.25) is 0 Å². The molecule has 1 saturated heterocycles. The Bertz CT molecular complexity index is 722. The van der Waals surface area contributed by atoms with Gasteiger partial charge >= 0.3 is 0 Å². The maximum Gasteiger partial charge on any atom is 0.226 e. The number of rotatable bonds is 3. The van der Waals surface area contributed by atoms with Crippen LogP contribution in [0.4, 0.5) is 0 Å². The number of likely N-dealkylation sites (tertiary alicyclic amines) is 1. The first-order valence-electron chi connectivity index (χ1n) is 8.31. The number of hydrogen-bond donors (Lipinski definition) is 0. The summed E-state index contributed by atoms with van der Waals surface area (Å²) in [6.45, 7) is 3.77. The van der Waals surface area contributed by atoms with Crippen molar-refractivity contribution in [3.8, 4) is 0 Å². The standard InChI is InChI=1S/C17H22N4OS/c1-11-10-23-16(19-11)12-4-3-5-21(9-12)17(22)15-6-14(15)13-7-18-20(2)8-13/h7-8,10,12,14-15H,3-6,9H2,1-2H3. The minimum atomic E-state index is 0.163. The van der Waals surface area contributed by atoms with Crippen molar-refractivity contribution in [1.82, 2.24) is 19.7 Å². The van der Waals surface area contributed by atoms with Gasteiger partial charge in [-0.05, 0) is 37.7 Å². The van der Waals surface area contributed by atoms with Gasteiger partial charge in [0, 0.05) is 49.2 Å².